The molecule has 0 radical (unpaired) electrons. The Balaban J connectivity index is 1.67. The molecule has 118 valence electrons. The summed E-state index contributed by atoms with van der Waals surface area (Å²) in [6.07, 6.45) is 6.97. The molecule has 3 rings (SSSR count). The van der Waals surface area contributed by atoms with Crippen LogP contribution in [0.3, 0.4) is 0 Å². The highest BCUT2D eigenvalue weighted by atomic mass is 32.1. The quantitative estimate of drug-likeness (QED) is 0.850. The average molecular weight is 307 g/mol. The molecule has 21 heavy (non-hydrogen) atoms. The van der Waals surface area contributed by atoms with Crippen LogP contribution in [-0.2, 0) is 6.54 Å². The van der Waals surface area contributed by atoms with E-state index in [-0.39, 0.29) is 0 Å². The highest BCUT2D eigenvalue weighted by molar-refractivity contribution is 7.09. The van der Waals surface area contributed by atoms with Crippen LogP contribution in [0.1, 0.15) is 50.8 Å². The second kappa shape index (κ2) is 6.39. The predicted molar refractivity (Wildman–Crippen MR) is 91.7 cm³/mol. The molecule has 1 aromatic heterocycles. The highest BCUT2D eigenvalue weighted by Crippen LogP contribution is 2.40. The molecule has 2 aliphatic carbocycles. The summed E-state index contributed by atoms with van der Waals surface area (Å²) in [6, 6.07) is 6.00. The van der Waals surface area contributed by atoms with Crippen molar-refractivity contribution in [1.82, 2.24) is 10.2 Å². The zero-order valence-electron chi connectivity index (χ0n) is 13.8. The molecule has 0 aromatic carbocycles. The van der Waals surface area contributed by atoms with Gasteiger partial charge in [-0.2, -0.15) is 0 Å². The third-order valence-corrected chi connectivity index (χ3v) is 6.35. The Morgan fingerprint density at radius 1 is 1.33 bits per heavy atom. The molecule has 0 amide bonds. The van der Waals surface area contributed by atoms with Gasteiger partial charge in [-0.25, -0.2) is 0 Å². The summed E-state index contributed by atoms with van der Waals surface area (Å²) in [6.45, 7) is 7.33. The van der Waals surface area contributed by atoms with Crippen molar-refractivity contribution < 1.29 is 0 Å². The number of thiophene rings is 1. The molecule has 2 unspecified atom stereocenters. The smallest absolute Gasteiger partial charge is 0.0330 e. The number of hydrogen-bond donors (Lipinski definition) is 1. The fourth-order valence-electron chi connectivity index (χ4n) is 4.29. The van der Waals surface area contributed by atoms with Crippen molar-refractivity contribution in [2.45, 2.75) is 64.6 Å². The lowest BCUT2D eigenvalue weighted by Crippen LogP contribution is -2.51. The monoisotopic (exact) mass is 306 g/mol. The van der Waals surface area contributed by atoms with Gasteiger partial charge in [0.1, 0.15) is 0 Å². The molecule has 3 heteroatoms. The van der Waals surface area contributed by atoms with E-state index in [0.29, 0.717) is 11.5 Å². The molecule has 2 nitrogen and oxygen atoms in total. The van der Waals surface area contributed by atoms with Crippen molar-refractivity contribution in [2.75, 3.05) is 13.6 Å². The zero-order chi connectivity index (χ0) is 14.9. The van der Waals surface area contributed by atoms with Crippen LogP contribution < -0.4 is 5.32 Å². The minimum absolute atomic E-state index is 0.440. The van der Waals surface area contributed by atoms with Gasteiger partial charge in [-0.3, -0.25) is 4.90 Å². The molecular formula is C18H30N2S. The van der Waals surface area contributed by atoms with Gasteiger partial charge >= 0.3 is 0 Å². The van der Waals surface area contributed by atoms with Crippen molar-refractivity contribution in [1.29, 1.82) is 0 Å². The molecule has 2 saturated carbocycles. The Morgan fingerprint density at radius 2 is 2.14 bits per heavy atom. The highest BCUT2D eigenvalue weighted by Gasteiger charge is 2.40. The predicted octanol–water partition coefficient (Wildman–Crippen LogP) is 4.13. The molecule has 0 bridgehead atoms. The van der Waals surface area contributed by atoms with Crippen LogP contribution >= 0.6 is 11.3 Å². The second-order valence-electron chi connectivity index (χ2n) is 7.65. The topological polar surface area (TPSA) is 15.3 Å². The first-order chi connectivity index (χ1) is 10.1. The Kier molecular flexibility index (Phi) is 4.72. The minimum atomic E-state index is 0.440. The molecule has 1 aromatic rings. The standard InChI is InChI=1S/C18H30N2S/c1-18(2)10-4-6-14(17(18)19-3)12-20(15-8-9-15)13-16-7-5-11-21-16/h5,7,11,14-15,17,19H,4,6,8-10,12-13H2,1-3H3. The molecule has 0 aliphatic heterocycles. The summed E-state index contributed by atoms with van der Waals surface area (Å²) < 4.78 is 0. The van der Waals surface area contributed by atoms with Crippen LogP contribution in [0.4, 0.5) is 0 Å². The van der Waals surface area contributed by atoms with E-state index in [4.69, 9.17) is 0 Å². The van der Waals surface area contributed by atoms with E-state index in [1.807, 2.05) is 11.3 Å². The first kappa shape index (κ1) is 15.5. The van der Waals surface area contributed by atoms with E-state index in [0.717, 1.165) is 18.5 Å². The van der Waals surface area contributed by atoms with E-state index >= 15 is 0 Å². The van der Waals surface area contributed by atoms with Crippen LogP contribution in [0.25, 0.3) is 0 Å². The molecule has 0 saturated heterocycles. The van der Waals surface area contributed by atoms with Gasteiger partial charge in [0.2, 0.25) is 0 Å². The van der Waals surface area contributed by atoms with E-state index in [1.54, 1.807) is 0 Å². The lowest BCUT2D eigenvalue weighted by molar-refractivity contribution is 0.0788. The van der Waals surface area contributed by atoms with Gasteiger partial charge in [0.15, 0.2) is 0 Å². The number of hydrogen-bond acceptors (Lipinski definition) is 3. The van der Waals surface area contributed by atoms with Crippen LogP contribution in [-0.4, -0.2) is 30.6 Å². The van der Waals surface area contributed by atoms with Gasteiger partial charge < -0.3 is 5.32 Å². The largest absolute Gasteiger partial charge is 0.316 e. The van der Waals surface area contributed by atoms with Gasteiger partial charge in [-0.15, -0.1) is 11.3 Å². The zero-order valence-corrected chi connectivity index (χ0v) is 14.6. The first-order valence-electron chi connectivity index (χ1n) is 8.54. The molecule has 1 heterocycles. The van der Waals surface area contributed by atoms with E-state index < -0.39 is 0 Å². The summed E-state index contributed by atoms with van der Waals surface area (Å²) in [5, 5.41) is 5.85. The van der Waals surface area contributed by atoms with Crippen molar-refractivity contribution >= 4 is 11.3 Å². The normalized spacial score (nSPS) is 29.0. The number of nitrogens with zero attached hydrogens (tertiary/aromatic N) is 1. The molecule has 1 N–H and O–H groups in total. The van der Waals surface area contributed by atoms with E-state index in [2.05, 4.69) is 48.6 Å². The van der Waals surface area contributed by atoms with Gasteiger partial charge in [-0.05, 0) is 55.5 Å². The maximum atomic E-state index is 3.64. The Bertz CT molecular complexity index is 436. The molecule has 0 spiro atoms. The maximum absolute atomic E-state index is 3.64. The Hall–Kier alpha value is -0.380. The third kappa shape index (κ3) is 3.69. The van der Waals surface area contributed by atoms with Gasteiger partial charge in [0.05, 0.1) is 0 Å². The summed E-state index contributed by atoms with van der Waals surface area (Å²) >= 11 is 1.91. The van der Waals surface area contributed by atoms with Crippen LogP contribution in [0, 0.1) is 11.3 Å². The van der Waals surface area contributed by atoms with Crippen molar-refractivity contribution in [3.05, 3.63) is 22.4 Å². The fourth-order valence-corrected chi connectivity index (χ4v) is 5.02. The number of nitrogens with one attached hydrogen (secondary N) is 1. The van der Waals surface area contributed by atoms with Crippen molar-refractivity contribution in [2.24, 2.45) is 11.3 Å². The number of rotatable bonds is 6. The SMILES string of the molecule is CNC1C(CN(Cc2cccs2)C2CC2)CCCC1(C)C. The lowest BCUT2D eigenvalue weighted by Gasteiger charge is -2.45. The summed E-state index contributed by atoms with van der Waals surface area (Å²) in [4.78, 5) is 4.29. The Morgan fingerprint density at radius 3 is 2.76 bits per heavy atom. The minimum Gasteiger partial charge on any atom is -0.316 e. The van der Waals surface area contributed by atoms with Gasteiger partial charge in [-0.1, -0.05) is 26.3 Å². The summed E-state index contributed by atoms with van der Waals surface area (Å²) in [5.41, 5.74) is 0.440. The van der Waals surface area contributed by atoms with Gasteiger partial charge in [0, 0.05) is 30.1 Å². The average Bonchev–Trinajstić information content (AvgIpc) is 3.16. The summed E-state index contributed by atoms with van der Waals surface area (Å²) in [5.74, 6) is 0.805. The van der Waals surface area contributed by atoms with Gasteiger partial charge in [0.25, 0.3) is 0 Å². The summed E-state index contributed by atoms with van der Waals surface area (Å²) in [7, 11) is 2.16. The van der Waals surface area contributed by atoms with Crippen LogP contribution in [0.5, 0.6) is 0 Å². The fraction of sp³-hybridized carbons (Fsp3) is 0.778. The third-order valence-electron chi connectivity index (χ3n) is 5.49. The molecule has 2 atom stereocenters. The van der Waals surface area contributed by atoms with Crippen molar-refractivity contribution in [3.63, 3.8) is 0 Å². The molecular weight excluding hydrogens is 276 g/mol. The molecule has 2 fully saturated rings. The van der Waals surface area contributed by atoms with Crippen LogP contribution in [0.15, 0.2) is 17.5 Å². The van der Waals surface area contributed by atoms with Crippen LogP contribution in [0.2, 0.25) is 0 Å². The second-order valence-corrected chi connectivity index (χ2v) is 8.68. The van der Waals surface area contributed by atoms with Crippen molar-refractivity contribution in [3.8, 4) is 0 Å². The van der Waals surface area contributed by atoms with E-state index in [1.165, 1.54) is 43.5 Å². The van der Waals surface area contributed by atoms with E-state index in [9.17, 15) is 0 Å². The molecule has 2 aliphatic rings. The lowest BCUT2D eigenvalue weighted by atomic mass is 9.68. The maximum Gasteiger partial charge on any atom is 0.0330 e. The first-order valence-corrected chi connectivity index (χ1v) is 9.42. The Labute approximate surface area is 133 Å².